The van der Waals surface area contributed by atoms with E-state index in [0.717, 1.165) is 36.9 Å². The topological polar surface area (TPSA) is 88.2 Å². The zero-order valence-electron chi connectivity index (χ0n) is 21.3. The van der Waals surface area contributed by atoms with Crippen molar-refractivity contribution in [2.24, 2.45) is 0 Å². The molecule has 3 fully saturated rings. The predicted octanol–water partition coefficient (Wildman–Crippen LogP) is 5.59. The first kappa shape index (κ1) is 25.9. The molecule has 1 N–H and O–H groups in total. The maximum Gasteiger partial charge on any atom is 0.414 e. The van der Waals surface area contributed by atoms with Gasteiger partial charge in [-0.05, 0) is 76.3 Å². The molecule has 3 aliphatic rings. The Morgan fingerprint density at radius 2 is 1.89 bits per heavy atom. The van der Waals surface area contributed by atoms with Crippen molar-refractivity contribution >= 4 is 46.7 Å². The van der Waals surface area contributed by atoms with E-state index in [9.17, 15) is 14.4 Å². The number of ether oxygens (including phenoxy) is 2. The number of benzene rings is 1. The Kier molecular flexibility index (Phi) is 6.87. The van der Waals surface area contributed by atoms with E-state index in [1.54, 1.807) is 17.0 Å². The summed E-state index contributed by atoms with van der Waals surface area (Å²) in [4.78, 5) is 41.7. The van der Waals surface area contributed by atoms with Gasteiger partial charge < -0.3 is 19.7 Å². The second-order valence-corrected chi connectivity index (χ2v) is 12.8. The number of carbonyl (C=O) groups excluding carboxylic acids is 3. The van der Waals surface area contributed by atoms with Gasteiger partial charge >= 0.3 is 12.2 Å². The van der Waals surface area contributed by atoms with Crippen LogP contribution in [0.25, 0.3) is 0 Å². The average Bonchev–Trinajstić information content (AvgIpc) is 3.75. The first-order chi connectivity index (χ1) is 17.5. The minimum absolute atomic E-state index is 0.0684. The quantitative estimate of drug-likeness (QED) is 0.467. The lowest BCUT2D eigenvalue weighted by Gasteiger charge is -2.31. The molecule has 198 valence electrons. The lowest BCUT2D eigenvalue weighted by atomic mass is 9.95. The summed E-state index contributed by atoms with van der Waals surface area (Å²) in [6.07, 6.45) is 2.96. The lowest BCUT2D eigenvalue weighted by Crippen LogP contribution is -2.42. The molecule has 1 atom stereocenters. The molecule has 5 rings (SSSR count). The van der Waals surface area contributed by atoms with Gasteiger partial charge in [-0.1, -0.05) is 23.7 Å². The number of cyclic esters (lactones) is 1. The number of hydrogen-bond acceptors (Lipinski definition) is 6. The fourth-order valence-corrected chi connectivity index (χ4v) is 5.59. The van der Waals surface area contributed by atoms with E-state index in [4.69, 9.17) is 21.1 Å². The van der Waals surface area contributed by atoms with Gasteiger partial charge in [0.05, 0.1) is 22.3 Å². The molecular formula is C27H32ClN3O5S. The molecule has 10 heteroatoms. The van der Waals surface area contributed by atoms with E-state index in [2.05, 4.69) is 5.32 Å². The molecule has 2 aliphatic carbocycles. The fourth-order valence-electron chi connectivity index (χ4n) is 4.63. The Hall–Kier alpha value is -2.78. The highest BCUT2D eigenvalue weighted by atomic mass is 35.5. The number of amides is 3. The number of carbonyl (C=O) groups is 3. The number of halogens is 1. The molecule has 1 aliphatic heterocycles. The van der Waals surface area contributed by atoms with E-state index in [1.807, 2.05) is 49.9 Å². The van der Waals surface area contributed by atoms with E-state index >= 15 is 0 Å². The molecule has 8 nitrogen and oxygen atoms in total. The van der Waals surface area contributed by atoms with Crippen molar-refractivity contribution in [2.45, 2.75) is 69.6 Å². The molecule has 37 heavy (non-hydrogen) atoms. The summed E-state index contributed by atoms with van der Waals surface area (Å²) in [5, 5.41) is 2.81. The summed E-state index contributed by atoms with van der Waals surface area (Å²) >= 11 is 7.10. The molecule has 2 aromatic rings. The Morgan fingerprint density at radius 3 is 2.46 bits per heavy atom. The minimum atomic E-state index is -0.523. The van der Waals surface area contributed by atoms with Crippen LogP contribution in [0.2, 0.25) is 4.34 Å². The molecule has 0 spiro atoms. The summed E-state index contributed by atoms with van der Waals surface area (Å²) < 4.78 is 11.7. The highest BCUT2D eigenvalue weighted by molar-refractivity contribution is 7.18. The number of nitrogens with one attached hydrogen (secondary N) is 1. The van der Waals surface area contributed by atoms with Crippen LogP contribution in [0.5, 0.6) is 0 Å². The van der Waals surface area contributed by atoms with Crippen molar-refractivity contribution in [3.8, 4) is 0 Å². The van der Waals surface area contributed by atoms with Gasteiger partial charge in [0.1, 0.15) is 11.7 Å². The standard InChI is InChI=1S/C27H32ClN3O5S/c1-26(2,3)36-25(34)31(19-8-9-19)16-27(12-13-27)17-4-6-18(7-5-17)30-15-20(35-24(30)33)14-29-23(32)21-10-11-22(28)37-21/h4-7,10-11,19-20H,8-9,12-16H2,1-3H3,(H,29,32). The lowest BCUT2D eigenvalue weighted by molar-refractivity contribution is 0.0214. The van der Waals surface area contributed by atoms with Crippen LogP contribution in [0.1, 0.15) is 61.7 Å². The third-order valence-corrected chi connectivity index (χ3v) is 8.12. The van der Waals surface area contributed by atoms with Crippen LogP contribution in [-0.4, -0.2) is 60.4 Å². The minimum Gasteiger partial charge on any atom is -0.444 e. The van der Waals surface area contributed by atoms with Crippen molar-refractivity contribution in [3.63, 3.8) is 0 Å². The van der Waals surface area contributed by atoms with Crippen molar-refractivity contribution in [3.05, 3.63) is 51.2 Å². The van der Waals surface area contributed by atoms with Gasteiger partial charge in [-0.15, -0.1) is 11.3 Å². The number of rotatable bonds is 8. The van der Waals surface area contributed by atoms with Gasteiger partial charge in [-0.25, -0.2) is 9.59 Å². The van der Waals surface area contributed by atoms with Gasteiger partial charge in [0.15, 0.2) is 0 Å². The van der Waals surface area contributed by atoms with Crippen molar-refractivity contribution in [1.29, 1.82) is 0 Å². The molecule has 1 saturated heterocycles. The second-order valence-electron chi connectivity index (χ2n) is 11.1. The second kappa shape index (κ2) is 9.83. The summed E-state index contributed by atoms with van der Waals surface area (Å²) in [6.45, 7) is 6.90. The van der Waals surface area contributed by atoms with Crippen LogP contribution in [0.4, 0.5) is 15.3 Å². The monoisotopic (exact) mass is 545 g/mol. The Morgan fingerprint density at radius 1 is 1.19 bits per heavy atom. The summed E-state index contributed by atoms with van der Waals surface area (Å²) in [7, 11) is 0. The third kappa shape index (κ3) is 6.04. The van der Waals surface area contributed by atoms with Gasteiger partial charge in [-0.3, -0.25) is 9.69 Å². The van der Waals surface area contributed by atoms with E-state index in [0.29, 0.717) is 22.3 Å². The van der Waals surface area contributed by atoms with Crippen LogP contribution < -0.4 is 10.2 Å². The van der Waals surface area contributed by atoms with Crippen LogP contribution >= 0.6 is 22.9 Å². The van der Waals surface area contributed by atoms with E-state index in [-0.39, 0.29) is 30.0 Å². The first-order valence-electron chi connectivity index (χ1n) is 12.6. The van der Waals surface area contributed by atoms with Crippen molar-refractivity contribution in [2.75, 3.05) is 24.5 Å². The van der Waals surface area contributed by atoms with Crippen molar-refractivity contribution in [1.82, 2.24) is 10.2 Å². The normalized spacial score (nSPS) is 20.4. The summed E-state index contributed by atoms with van der Waals surface area (Å²) in [5.74, 6) is -0.239. The Balaban J connectivity index is 1.19. The van der Waals surface area contributed by atoms with Gasteiger partial charge in [0.25, 0.3) is 5.91 Å². The molecule has 1 aromatic heterocycles. The smallest absolute Gasteiger partial charge is 0.414 e. The van der Waals surface area contributed by atoms with Gasteiger partial charge in [0, 0.05) is 23.7 Å². The van der Waals surface area contributed by atoms with Gasteiger partial charge in [-0.2, -0.15) is 0 Å². The summed E-state index contributed by atoms with van der Waals surface area (Å²) in [5.41, 5.74) is 1.32. The van der Waals surface area contributed by atoms with Crippen LogP contribution in [0.3, 0.4) is 0 Å². The molecule has 3 amide bonds. The number of hydrogen-bond donors (Lipinski definition) is 1. The fraction of sp³-hybridized carbons (Fsp3) is 0.519. The number of anilines is 1. The molecule has 0 bridgehead atoms. The summed E-state index contributed by atoms with van der Waals surface area (Å²) in [6, 6.07) is 11.6. The molecule has 0 radical (unpaired) electrons. The molecule has 2 heterocycles. The highest BCUT2D eigenvalue weighted by Gasteiger charge is 2.49. The van der Waals surface area contributed by atoms with Crippen LogP contribution in [0.15, 0.2) is 36.4 Å². The number of thiophene rings is 1. The van der Waals surface area contributed by atoms with Gasteiger partial charge in [0.2, 0.25) is 0 Å². The molecular weight excluding hydrogens is 514 g/mol. The zero-order chi connectivity index (χ0) is 26.4. The Bertz CT molecular complexity index is 1180. The average molecular weight is 546 g/mol. The first-order valence-corrected chi connectivity index (χ1v) is 13.8. The number of nitrogens with zero attached hydrogens (tertiary/aromatic N) is 2. The molecule has 2 saturated carbocycles. The predicted molar refractivity (Wildman–Crippen MR) is 143 cm³/mol. The molecule has 1 unspecified atom stereocenters. The SMILES string of the molecule is CC(C)(C)OC(=O)N(CC1(c2ccc(N3CC(CNC(=O)c4ccc(Cl)s4)OC3=O)cc2)CC1)C1CC1. The maximum atomic E-state index is 12.9. The highest BCUT2D eigenvalue weighted by Crippen LogP contribution is 2.50. The third-order valence-electron chi connectivity index (χ3n) is 6.89. The van der Waals surface area contributed by atoms with E-state index < -0.39 is 17.8 Å². The van der Waals surface area contributed by atoms with Crippen molar-refractivity contribution < 1.29 is 23.9 Å². The zero-order valence-corrected chi connectivity index (χ0v) is 22.9. The molecule has 1 aromatic carbocycles. The maximum absolute atomic E-state index is 12.9. The van der Waals surface area contributed by atoms with Crippen LogP contribution in [0, 0.1) is 0 Å². The van der Waals surface area contributed by atoms with E-state index in [1.165, 1.54) is 11.3 Å². The largest absolute Gasteiger partial charge is 0.444 e. The van der Waals surface area contributed by atoms with Crippen LogP contribution in [-0.2, 0) is 14.9 Å². The Labute approximate surface area is 225 Å².